The van der Waals surface area contributed by atoms with E-state index >= 15 is 0 Å². The van der Waals surface area contributed by atoms with Crippen LogP contribution < -0.4 is 0 Å². The van der Waals surface area contributed by atoms with E-state index in [1.807, 2.05) is 0 Å². The molecule has 0 spiro atoms. The predicted octanol–water partition coefficient (Wildman–Crippen LogP) is 0.164. The van der Waals surface area contributed by atoms with Gasteiger partial charge in [0.15, 0.2) is 0 Å². The van der Waals surface area contributed by atoms with Gasteiger partial charge in [-0.25, -0.2) is 9.78 Å². The molecule has 10 heavy (non-hydrogen) atoms. The van der Waals surface area contributed by atoms with Crippen LogP contribution in [0, 0.1) is 6.92 Å². The van der Waals surface area contributed by atoms with Gasteiger partial charge in [0.2, 0.25) is 5.01 Å². The van der Waals surface area contributed by atoms with Gasteiger partial charge in [-0.15, -0.1) is 0 Å². The fraction of sp³-hybridized carbons (Fsp3) is 0.250. The predicted molar refractivity (Wildman–Crippen MR) is 37.4 cm³/mol. The number of hydrogen-bond acceptors (Lipinski definition) is 4. The average Bonchev–Trinajstić information content (AvgIpc) is 2.14. The number of carboxylic acid groups (broad SMARTS) is 1. The minimum absolute atomic E-state index is 0. The standard InChI is InChI=1S/C4H4N2O2S.Na/c1-2-5-3(4(7)8)9-6-2;/h1H3,(H,7,8);. The van der Waals surface area contributed by atoms with Crippen LogP contribution in [0.1, 0.15) is 15.6 Å². The van der Waals surface area contributed by atoms with Crippen molar-refractivity contribution in [1.82, 2.24) is 9.36 Å². The molecule has 6 heteroatoms. The van der Waals surface area contributed by atoms with Crippen LogP contribution in [0.25, 0.3) is 0 Å². The summed E-state index contributed by atoms with van der Waals surface area (Å²) in [6.45, 7) is 1.66. The maximum absolute atomic E-state index is 10.1. The Labute approximate surface area is 83.8 Å². The van der Waals surface area contributed by atoms with Crippen LogP contribution in [0.3, 0.4) is 0 Å². The summed E-state index contributed by atoms with van der Waals surface area (Å²) in [5.74, 6) is -0.502. The number of hydrogen-bond donors (Lipinski definition) is 1. The van der Waals surface area contributed by atoms with Crippen LogP contribution in [-0.4, -0.2) is 50.0 Å². The van der Waals surface area contributed by atoms with Gasteiger partial charge in [0.05, 0.1) is 0 Å². The molecule has 0 atom stereocenters. The zero-order valence-electron chi connectivity index (χ0n) is 5.66. The monoisotopic (exact) mass is 167 g/mol. The van der Waals surface area contributed by atoms with E-state index in [0.717, 1.165) is 11.5 Å². The second-order valence-electron chi connectivity index (χ2n) is 1.45. The zero-order chi connectivity index (χ0) is 6.85. The normalized spacial score (nSPS) is 8.50. The molecule has 0 aliphatic heterocycles. The van der Waals surface area contributed by atoms with Gasteiger partial charge in [-0.2, -0.15) is 4.37 Å². The van der Waals surface area contributed by atoms with Gasteiger partial charge in [0.25, 0.3) is 0 Å². The van der Waals surface area contributed by atoms with Crippen LogP contribution >= 0.6 is 11.5 Å². The molecule has 1 aromatic heterocycles. The second-order valence-corrected chi connectivity index (χ2v) is 2.20. The van der Waals surface area contributed by atoms with E-state index in [9.17, 15) is 4.79 Å². The third-order valence-corrected chi connectivity index (χ3v) is 1.50. The first-order valence-corrected chi connectivity index (χ1v) is 3.01. The number of carboxylic acids is 1. The molecule has 0 aliphatic rings. The molecule has 0 bridgehead atoms. The molecular formula is C4H4N2NaO2S. The third-order valence-electron chi connectivity index (χ3n) is 0.711. The van der Waals surface area contributed by atoms with Crippen molar-refractivity contribution in [3.05, 3.63) is 10.8 Å². The molecular weight excluding hydrogens is 163 g/mol. The molecule has 4 nitrogen and oxygen atoms in total. The number of rotatable bonds is 1. The minimum Gasteiger partial charge on any atom is -0.476 e. The van der Waals surface area contributed by atoms with E-state index in [2.05, 4.69) is 9.36 Å². The van der Waals surface area contributed by atoms with Crippen molar-refractivity contribution < 1.29 is 9.90 Å². The number of aromatic nitrogens is 2. The largest absolute Gasteiger partial charge is 0.476 e. The first kappa shape index (κ1) is 10.0. The van der Waals surface area contributed by atoms with Gasteiger partial charge in [0, 0.05) is 29.6 Å². The molecule has 0 saturated carbocycles. The van der Waals surface area contributed by atoms with E-state index in [0.29, 0.717) is 5.82 Å². The van der Waals surface area contributed by atoms with Crippen molar-refractivity contribution >= 4 is 47.1 Å². The van der Waals surface area contributed by atoms with Crippen molar-refractivity contribution in [2.45, 2.75) is 6.92 Å². The van der Waals surface area contributed by atoms with Gasteiger partial charge >= 0.3 is 5.97 Å². The van der Waals surface area contributed by atoms with Crippen LogP contribution in [0.5, 0.6) is 0 Å². The van der Waals surface area contributed by atoms with Crippen molar-refractivity contribution in [2.24, 2.45) is 0 Å². The van der Waals surface area contributed by atoms with E-state index < -0.39 is 5.97 Å². The van der Waals surface area contributed by atoms with Crippen LogP contribution in [0.2, 0.25) is 0 Å². The smallest absolute Gasteiger partial charge is 0.366 e. The van der Waals surface area contributed by atoms with Crippen LogP contribution in [0.15, 0.2) is 0 Å². The van der Waals surface area contributed by atoms with Crippen molar-refractivity contribution in [1.29, 1.82) is 0 Å². The quantitative estimate of drug-likeness (QED) is 0.605. The summed E-state index contributed by atoms with van der Waals surface area (Å²) in [7, 11) is 0. The Morgan fingerprint density at radius 3 is 2.50 bits per heavy atom. The van der Waals surface area contributed by atoms with E-state index in [4.69, 9.17) is 5.11 Å². The van der Waals surface area contributed by atoms with Crippen LogP contribution in [-0.2, 0) is 0 Å². The molecule has 0 fully saturated rings. The zero-order valence-corrected chi connectivity index (χ0v) is 8.47. The topological polar surface area (TPSA) is 63.1 Å². The maximum Gasteiger partial charge on any atom is 0.366 e. The molecule has 0 aliphatic carbocycles. The first-order chi connectivity index (χ1) is 4.20. The summed E-state index contributed by atoms with van der Waals surface area (Å²) in [5.41, 5.74) is 0. The average molecular weight is 167 g/mol. The van der Waals surface area contributed by atoms with Crippen molar-refractivity contribution in [3.8, 4) is 0 Å². The van der Waals surface area contributed by atoms with Gasteiger partial charge in [0.1, 0.15) is 5.82 Å². The van der Waals surface area contributed by atoms with Crippen molar-refractivity contribution in [2.75, 3.05) is 0 Å². The molecule has 1 radical (unpaired) electrons. The van der Waals surface area contributed by atoms with E-state index in [1.165, 1.54) is 0 Å². The summed E-state index contributed by atoms with van der Waals surface area (Å²) < 4.78 is 3.69. The maximum atomic E-state index is 10.1. The van der Waals surface area contributed by atoms with E-state index in [1.54, 1.807) is 6.92 Å². The first-order valence-electron chi connectivity index (χ1n) is 2.24. The number of carbonyl (C=O) groups is 1. The Bertz CT molecular complexity index is 237. The van der Waals surface area contributed by atoms with E-state index in [-0.39, 0.29) is 34.6 Å². The Balaban J connectivity index is 0.000000810. The molecule has 1 heterocycles. The molecule has 0 saturated heterocycles. The summed E-state index contributed by atoms with van der Waals surface area (Å²) in [4.78, 5) is 13.7. The fourth-order valence-corrected chi connectivity index (χ4v) is 0.894. The summed E-state index contributed by atoms with van der Waals surface area (Å²) >= 11 is 0.897. The Hall–Kier alpha value is 0.0300. The van der Waals surface area contributed by atoms with Crippen molar-refractivity contribution in [3.63, 3.8) is 0 Å². The molecule has 1 rings (SSSR count). The van der Waals surface area contributed by atoms with Crippen LogP contribution in [0.4, 0.5) is 0 Å². The summed E-state index contributed by atoms with van der Waals surface area (Å²) in [6, 6.07) is 0. The molecule has 1 aromatic rings. The molecule has 0 amide bonds. The SMILES string of the molecule is Cc1nsc(C(=O)O)n1.[Na]. The molecule has 0 unspecified atom stereocenters. The number of aryl methyl sites for hydroxylation is 1. The molecule has 1 N–H and O–H groups in total. The summed E-state index contributed by atoms with van der Waals surface area (Å²) in [5, 5.41) is 8.35. The Morgan fingerprint density at radius 1 is 1.70 bits per heavy atom. The molecule has 0 aromatic carbocycles. The van der Waals surface area contributed by atoms with Gasteiger partial charge in [-0.3, -0.25) is 0 Å². The number of aromatic carboxylic acids is 1. The second kappa shape index (κ2) is 4.02. The summed E-state index contributed by atoms with van der Waals surface area (Å²) in [6.07, 6.45) is 0. The Kier molecular flexibility index (Phi) is 4.04. The van der Waals surface area contributed by atoms with Gasteiger partial charge < -0.3 is 5.11 Å². The minimum atomic E-state index is -1.01. The fourth-order valence-electron chi connectivity index (χ4n) is 0.384. The van der Waals surface area contributed by atoms with Gasteiger partial charge in [-0.1, -0.05) is 0 Å². The number of nitrogens with zero attached hydrogens (tertiary/aromatic N) is 2. The third kappa shape index (κ3) is 2.34. The molecule has 49 valence electrons. The van der Waals surface area contributed by atoms with Gasteiger partial charge in [-0.05, 0) is 18.5 Å². The Morgan fingerprint density at radius 2 is 2.30 bits per heavy atom.